The van der Waals surface area contributed by atoms with E-state index >= 15 is 0 Å². The maximum absolute atomic E-state index is 14.0. The van der Waals surface area contributed by atoms with Gasteiger partial charge in [0.15, 0.2) is 5.82 Å². The van der Waals surface area contributed by atoms with Crippen molar-refractivity contribution in [1.82, 2.24) is 15.0 Å². The fourth-order valence-corrected chi connectivity index (χ4v) is 5.44. The summed E-state index contributed by atoms with van der Waals surface area (Å²) in [5, 5.41) is 24.1. The van der Waals surface area contributed by atoms with Gasteiger partial charge in [0, 0.05) is 17.8 Å². The number of aliphatic hydroxyl groups is 1. The van der Waals surface area contributed by atoms with Crippen LogP contribution in [-0.4, -0.2) is 31.1 Å². The van der Waals surface area contributed by atoms with E-state index in [0.29, 0.717) is 42.3 Å². The van der Waals surface area contributed by atoms with Crippen molar-refractivity contribution in [2.24, 2.45) is 5.92 Å². The number of hydrogen-bond donors (Lipinski definition) is 3. The highest BCUT2D eigenvalue weighted by Gasteiger charge is 2.39. The Morgan fingerprint density at radius 2 is 1.91 bits per heavy atom. The van der Waals surface area contributed by atoms with Crippen molar-refractivity contribution in [3.8, 4) is 10.4 Å². The minimum atomic E-state index is -1.08. The molecule has 2 aromatic heterocycles. The van der Waals surface area contributed by atoms with Crippen molar-refractivity contribution in [3.63, 3.8) is 0 Å². The van der Waals surface area contributed by atoms with Crippen LogP contribution in [0.25, 0.3) is 10.4 Å². The Morgan fingerprint density at radius 1 is 1.15 bits per heavy atom. The van der Waals surface area contributed by atoms with Gasteiger partial charge in [-0.15, -0.1) is 11.3 Å². The van der Waals surface area contributed by atoms with Crippen LogP contribution in [-0.2, 0) is 10.4 Å². The highest BCUT2D eigenvalue weighted by atomic mass is 32.1. The van der Waals surface area contributed by atoms with Gasteiger partial charge in [-0.05, 0) is 68.7 Å². The Balaban J connectivity index is 1.36. The fraction of sp³-hybridized carbons (Fsp3) is 0.417. The second kappa shape index (κ2) is 8.46. The molecule has 2 aliphatic rings. The number of nitrogens with zero attached hydrogens (tertiary/aromatic N) is 3. The first kappa shape index (κ1) is 21.9. The zero-order valence-corrected chi connectivity index (χ0v) is 19.0. The third-order valence-electron chi connectivity index (χ3n) is 6.42. The van der Waals surface area contributed by atoms with E-state index in [9.17, 15) is 19.4 Å². The summed E-state index contributed by atoms with van der Waals surface area (Å²) >= 11 is 1.42. The number of hydrogen-bond acceptors (Lipinski definition) is 7. The molecule has 3 N–H and O–H groups in total. The summed E-state index contributed by atoms with van der Waals surface area (Å²) in [5.41, 5.74) is 2.14. The van der Waals surface area contributed by atoms with Gasteiger partial charge in [0.05, 0.1) is 22.7 Å². The van der Waals surface area contributed by atoms with Crippen molar-refractivity contribution in [3.05, 3.63) is 52.7 Å². The molecule has 33 heavy (non-hydrogen) atoms. The van der Waals surface area contributed by atoms with Gasteiger partial charge >= 0.3 is 5.97 Å². The summed E-state index contributed by atoms with van der Waals surface area (Å²) in [4.78, 5) is 25.1. The van der Waals surface area contributed by atoms with Gasteiger partial charge in [0.2, 0.25) is 5.95 Å². The van der Waals surface area contributed by atoms with E-state index in [1.807, 2.05) is 25.1 Å². The van der Waals surface area contributed by atoms with Crippen molar-refractivity contribution in [1.29, 1.82) is 0 Å². The second-order valence-electron chi connectivity index (χ2n) is 9.09. The quantitative estimate of drug-likeness (QED) is 0.460. The summed E-state index contributed by atoms with van der Waals surface area (Å²) in [5.74, 6) is -1.01. The molecule has 0 amide bonds. The fourth-order valence-electron chi connectivity index (χ4n) is 4.39. The maximum Gasteiger partial charge on any atom is 0.306 e. The molecule has 9 heteroatoms. The molecule has 2 aliphatic carbocycles. The molecule has 172 valence electrons. The summed E-state index contributed by atoms with van der Waals surface area (Å²) in [7, 11) is 0. The van der Waals surface area contributed by atoms with Gasteiger partial charge in [-0.3, -0.25) is 4.79 Å². The van der Waals surface area contributed by atoms with Crippen molar-refractivity contribution in [2.75, 3.05) is 5.32 Å². The zero-order valence-electron chi connectivity index (χ0n) is 18.2. The highest BCUT2D eigenvalue weighted by Crippen LogP contribution is 2.43. The summed E-state index contributed by atoms with van der Waals surface area (Å²) in [6.07, 6.45) is 6.55. The molecule has 0 bridgehead atoms. The number of carbonyl (C=O) groups is 1. The number of anilines is 2. The number of rotatable bonds is 6. The van der Waals surface area contributed by atoms with Crippen molar-refractivity contribution < 1.29 is 19.4 Å². The summed E-state index contributed by atoms with van der Waals surface area (Å²) < 4.78 is 14.0. The number of aromatic nitrogens is 3. The summed E-state index contributed by atoms with van der Waals surface area (Å²) in [6, 6.07) is 5.96. The minimum Gasteiger partial charge on any atom is -0.481 e. The normalized spacial score (nSPS) is 22.8. The monoisotopic (exact) mass is 468 g/mol. The number of aryl methyl sites for hydroxylation is 1. The molecule has 2 heterocycles. The zero-order chi connectivity index (χ0) is 23.2. The Morgan fingerprint density at radius 3 is 2.61 bits per heavy atom. The van der Waals surface area contributed by atoms with Crippen molar-refractivity contribution in [2.45, 2.75) is 57.0 Å². The molecular weight excluding hydrogens is 443 g/mol. The Labute approximate surface area is 194 Å². The number of carboxylic acid groups (broad SMARTS) is 1. The molecule has 0 unspecified atom stereocenters. The lowest BCUT2D eigenvalue weighted by atomic mass is 9.79. The SMILES string of the molecule is Cc1cc(Nc2ncc(F)c(C3CC3)n2)cc(-c2cnc([C@]3(O)CC[C@H](C(=O)O)CC3)s2)c1. The minimum absolute atomic E-state index is 0.189. The first-order chi connectivity index (χ1) is 15.8. The van der Waals surface area contributed by atoms with Gasteiger partial charge in [-0.25, -0.2) is 19.3 Å². The van der Waals surface area contributed by atoms with Gasteiger partial charge < -0.3 is 15.5 Å². The number of nitrogens with one attached hydrogen (secondary N) is 1. The largest absolute Gasteiger partial charge is 0.481 e. The van der Waals surface area contributed by atoms with Crippen LogP contribution in [0.1, 0.15) is 60.7 Å². The predicted octanol–water partition coefficient (Wildman–Crippen LogP) is 5.13. The maximum atomic E-state index is 14.0. The van der Waals surface area contributed by atoms with E-state index in [1.54, 1.807) is 6.20 Å². The van der Waals surface area contributed by atoms with Crippen LogP contribution in [0, 0.1) is 18.7 Å². The number of benzene rings is 1. The van der Waals surface area contributed by atoms with E-state index in [0.717, 1.165) is 34.5 Å². The standard InChI is InChI=1S/C24H25FN4O3S/c1-13-8-16(10-17(9-13)28-23-27-11-18(25)20(29-23)14-2-3-14)19-12-26-22(33-19)24(32)6-4-15(5-7-24)21(30)31/h8-12,14-15,32H,2-7H2,1H3,(H,30,31)(H,27,28,29)/t15-,24-. The first-order valence-corrected chi connectivity index (χ1v) is 12.0. The Hall–Kier alpha value is -2.91. The van der Waals surface area contributed by atoms with E-state index in [-0.39, 0.29) is 11.7 Å². The lowest BCUT2D eigenvalue weighted by molar-refractivity contribution is -0.145. The van der Waals surface area contributed by atoms with Crippen LogP contribution in [0.2, 0.25) is 0 Å². The molecule has 2 fully saturated rings. The van der Waals surface area contributed by atoms with Gasteiger partial charge in [0.1, 0.15) is 10.6 Å². The molecule has 0 aliphatic heterocycles. The van der Waals surface area contributed by atoms with E-state index in [2.05, 4.69) is 20.3 Å². The lowest BCUT2D eigenvalue weighted by Crippen LogP contribution is -2.33. The topological polar surface area (TPSA) is 108 Å². The number of halogens is 1. The number of thiazole rings is 1. The third-order valence-corrected chi connectivity index (χ3v) is 7.66. The summed E-state index contributed by atoms with van der Waals surface area (Å²) in [6.45, 7) is 1.98. The molecule has 0 saturated heterocycles. The van der Waals surface area contributed by atoms with Gasteiger partial charge in [-0.2, -0.15) is 0 Å². The van der Waals surface area contributed by atoms with Crippen LogP contribution in [0.4, 0.5) is 16.0 Å². The molecule has 0 radical (unpaired) electrons. The van der Waals surface area contributed by atoms with Gasteiger partial charge in [0.25, 0.3) is 0 Å². The predicted molar refractivity (Wildman–Crippen MR) is 123 cm³/mol. The highest BCUT2D eigenvalue weighted by molar-refractivity contribution is 7.15. The Bertz CT molecular complexity index is 1200. The van der Waals surface area contributed by atoms with E-state index in [1.165, 1.54) is 17.5 Å². The van der Waals surface area contributed by atoms with E-state index in [4.69, 9.17) is 0 Å². The lowest BCUT2D eigenvalue weighted by Gasteiger charge is -2.32. The molecule has 7 nitrogen and oxygen atoms in total. The average Bonchev–Trinajstić information content (AvgIpc) is 3.49. The van der Waals surface area contributed by atoms with E-state index < -0.39 is 17.5 Å². The van der Waals surface area contributed by atoms with Crippen LogP contribution in [0.3, 0.4) is 0 Å². The van der Waals surface area contributed by atoms with Crippen LogP contribution in [0.5, 0.6) is 0 Å². The smallest absolute Gasteiger partial charge is 0.306 e. The molecule has 0 spiro atoms. The molecule has 2 saturated carbocycles. The van der Waals surface area contributed by atoms with Crippen LogP contribution in [0.15, 0.2) is 30.6 Å². The first-order valence-electron chi connectivity index (χ1n) is 11.1. The van der Waals surface area contributed by atoms with Crippen LogP contribution >= 0.6 is 11.3 Å². The van der Waals surface area contributed by atoms with Crippen LogP contribution < -0.4 is 5.32 Å². The van der Waals surface area contributed by atoms with Crippen molar-refractivity contribution >= 4 is 28.9 Å². The Kier molecular flexibility index (Phi) is 5.62. The third kappa shape index (κ3) is 4.60. The average molecular weight is 469 g/mol. The molecule has 0 atom stereocenters. The molecule has 3 aromatic rings. The molecule has 5 rings (SSSR count). The number of aliphatic carboxylic acids is 1. The molecular formula is C24H25FN4O3S. The number of carboxylic acids is 1. The molecule has 1 aromatic carbocycles. The second-order valence-corrected chi connectivity index (χ2v) is 10.1. The van der Waals surface area contributed by atoms with Gasteiger partial charge in [-0.1, -0.05) is 6.07 Å².